The molecule has 3 nitrogen and oxygen atoms in total. The van der Waals surface area contributed by atoms with Gasteiger partial charge in [-0.1, -0.05) is 20.8 Å². The van der Waals surface area contributed by atoms with Crippen molar-refractivity contribution in [1.29, 1.82) is 0 Å². The minimum atomic E-state index is 0.327. The van der Waals surface area contributed by atoms with Gasteiger partial charge >= 0.3 is 0 Å². The van der Waals surface area contributed by atoms with E-state index >= 15 is 0 Å². The average Bonchev–Trinajstić information content (AvgIpc) is 1.98. The van der Waals surface area contributed by atoms with Crippen LogP contribution in [0.3, 0.4) is 0 Å². The average molecular weight is 198 g/mol. The van der Waals surface area contributed by atoms with Crippen molar-refractivity contribution in [3.63, 3.8) is 0 Å². The van der Waals surface area contributed by atoms with Crippen LogP contribution >= 0.6 is 0 Å². The van der Waals surface area contributed by atoms with Gasteiger partial charge in [-0.25, -0.2) is 0 Å². The van der Waals surface area contributed by atoms with Crippen LogP contribution in [0.5, 0.6) is 0 Å². The molecule has 3 heteroatoms. The second kappa shape index (κ2) is 5.35. The van der Waals surface area contributed by atoms with Gasteiger partial charge in [0.1, 0.15) is 0 Å². The Morgan fingerprint density at radius 3 is 2.50 bits per heavy atom. The molecule has 0 bridgehead atoms. The van der Waals surface area contributed by atoms with Crippen molar-refractivity contribution in [2.75, 3.05) is 19.6 Å². The number of amides is 1. The maximum atomic E-state index is 11.9. The van der Waals surface area contributed by atoms with Crippen LogP contribution in [0.4, 0.5) is 0 Å². The largest absolute Gasteiger partial charge is 0.337 e. The highest BCUT2D eigenvalue weighted by Gasteiger charge is 2.27. The molecule has 0 spiro atoms. The molecule has 0 radical (unpaired) electrons. The molecular formula is C11H22N2O. The van der Waals surface area contributed by atoms with Gasteiger partial charge in [0, 0.05) is 26.1 Å². The third-order valence-corrected chi connectivity index (χ3v) is 2.57. The third-order valence-electron chi connectivity index (χ3n) is 2.57. The van der Waals surface area contributed by atoms with Crippen LogP contribution in [-0.2, 0) is 4.79 Å². The summed E-state index contributed by atoms with van der Waals surface area (Å²) >= 11 is 0. The van der Waals surface area contributed by atoms with Gasteiger partial charge in [-0.3, -0.25) is 4.79 Å². The van der Waals surface area contributed by atoms with E-state index in [4.69, 9.17) is 0 Å². The molecule has 1 rings (SSSR count). The summed E-state index contributed by atoms with van der Waals surface area (Å²) in [4.78, 5) is 13.9. The minimum absolute atomic E-state index is 0.327. The van der Waals surface area contributed by atoms with Gasteiger partial charge < -0.3 is 10.2 Å². The van der Waals surface area contributed by atoms with E-state index < -0.39 is 0 Å². The normalized spacial score (nSPS) is 16.9. The second-order valence-electron chi connectivity index (χ2n) is 4.50. The molecule has 1 aliphatic rings. The molecule has 0 aliphatic carbocycles. The van der Waals surface area contributed by atoms with Crippen molar-refractivity contribution >= 4 is 5.91 Å². The van der Waals surface area contributed by atoms with Crippen molar-refractivity contribution in [2.45, 2.75) is 39.7 Å². The second-order valence-corrected chi connectivity index (χ2v) is 4.50. The highest BCUT2D eigenvalue weighted by atomic mass is 16.2. The summed E-state index contributed by atoms with van der Waals surface area (Å²) in [6, 6.07) is 0.459. The summed E-state index contributed by atoms with van der Waals surface area (Å²) in [5.74, 6) is 0.795. The lowest BCUT2D eigenvalue weighted by atomic mass is 10.1. The fourth-order valence-corrected chi connectivity index (χ4v) is 1.71. The molecule has 0 aromatic carbocycles. The van der Waals surface area contributed by atoms with Crippen LogP contribution in [0.25, 0.3) is 0 Å². The third kappa shape index (κ3) is 2.98. The molecule has 1 N–H and O–H groups in total. The topological polar surface area (TPSA) is 32.3 Å². The maximum Gasteiger partial charge on any atom is 0.223 e. The number of hydrogen-bond donors (Lipinski definition) is 1. The molecule has 0 atom stereocenters. The van der Waals surface area contributed by atoms with Crippen molar-refractivity contribution in [2.24, 2.45) is 5.92 Å². The van der Waals surface area contributed by atoms with E-state index in [0.29, 0.717) is 24.3 Å². The van der Waals surface area contributed by atoms with Crippen molar-refractivity contribution in [3.8, 4) is 0 Å². The van der Waals surface area contributed by atoms with E-state index in [1.165, 1.54) is 0 Å². The molecular weight excluding hydrogens is 176 g/mol. The summed E-state index contributed by atoms with van der Waals surface area (Å²) in [5.41, 5.74) is 0. The van der Waals surface area contributed by atoms with Crippen LogP contribution in [0.1, 0.15) is 33.6 Å². The number of hydrogen-bond acceptors (Lipinski definition) is 2. The summed E-state index contributed by atoms with van der Waals surface area (Å²) in [7, 11) is 0. The van der Waals surface area contributed by atoms with Crippen LogP contribution in [0.15, 0.2) is 0 Å². The SMILES string of the molecule is CCCN(C(=O)CC(C)C)C1CNC1. The van der Waals surface area contributed by atoms with Crippen molar-refractivity contribution in [1.82, 2.24) is 10.2 Å². The predicted molar refractivity (Wildman–Crippen MR) is 58.1 cm³/mol. The van der Waals surface area contributed by atoms with Gasteiger partial charge in [0.05, 0.1) is 6.04 Å². The highest BCUT2D eigenvalue weighted by molar-refractivity contribution is 5.76. The van der Waals surface area contributed by atoms with Crippen molar-refractivity contribution in [3.05, 3.63) is 0 Å². The Hall–Kier alpha value is -0.570. The first-order chi connectivity index (χ1) is 6.65. The van der Waals surface area contributed by atoms with Crippen molar-refractivity contribution < 1.29 is 4.79 Å². The van der Waals surface area contributed by atoms with Gasteiger partial charge in [-0.2, -0.15) is 0 Å². The molecule has 0 aromatic rings. The van der Waals surface area contributed by atoms with Gasteiger partial charge in [-0.15, -0.1) is 0 Å². The van der Waals surface area contributed by atoms with E-state index in [0.717, 1.165) is 26.1 Å². The fraction of sp³-hybridized carbons (Fsp3) is 0.909. The Bertz CT molecular complexity index is 188. The highest BCUT2D eigenvalue weighted by Crippen LogP contribution is 2.11. The molecule has 1 fully saturated rings. The summed E-state index contributed by atoms with van der Waals surface area (Å²) in [5, 5.41) is 3.21. The number of carbonyl (C=O) groups excluding carboxylic acids is 1. The van der Waals surface area contributed by atoms with Gasteiger partial charge in [0.25, 0.3) is 0 Å². The minimum Gasteiger partial charge on any atom is -0.337 e. The first kappa shape index (κ1) is 11.5. The Balaban J connectivity index is 2.43. The number of carbonyl (C=O) groups is 1. The Kier molecular flexibility index (Phi) is 4.39. The van der Waals surface area contributed by atoms with E-state index in [1.54, 1.807) is 0 Å². The number of rotatable bonds is 5. The zero-order valence-electron chi connectivity index (χ0n) is 9.55. The number of nitrogens with one attached hydrogen (secondary N) is 1. The molecule has 1 heterocycles. The van der Waals surface area contributed by atoms with Gasteiger partial charge in [0.15, 0.2) is 0 Å². The Labute approximate surface area is 86.9 Å². The lowest BCUT2D eigenvalue weighted by molar-refractivity contribution is -0.135. The first-order valence-corrected chi connectivity index (χ1v) is 5.65. The summed E-state index contributed by atoms with van der Waals surface area (Å²) < 4.78 is 0. The first-order valence-electron chi connectivity index (χ1n) is 5.65. The van der Waals surface area contributed by atoms with Crippen LogP contribution < -0.4 is 5.32 Å². The molecule has 0 aromatic heterocycles. The van der Waals surface area contributed by atoms with Crippen LogP contribution in [0.2, 0.25) is 0 Å². The molecule has 82 valence electrons. The summed E-state index contributed by atoms with van der Waals surface area (Å²) in [6.07, 6.45) is 1.75. The smallest absolute Gasteiger partial charge is 0.223 e. The molecule has 1 saturated heterocycles. The van der Waals surface area contributed by atoms with Crippen LogP contribution in [-0.4, -0.2) is 36.5 Å². The lowest BCUT2D eigenvalue weighted by Crippen LogP contribution is -2.59. The molecule has 0 saturated carbocycles. The zero-order chi connectivity index (χ0) is 10.6. The number of nitrogens with zero attached hydrogens (tertiary/aromatic N) is 1. The zero-order valence-corrected chi connectivity index (χ0v) is 9.55. The Morgan fingerprint density at radius 1 is 1.50 bits per heavy atom. The molecule has 1 amide bonds. The lowest BCUT2D eigenvalue weighted by Gasteiger charge is -2.38. The molecule has 1 aliphatic heterocycles. The predicted octanol–water partition coefficient (Wildman–Crippen LogP) is 1.24. The summed E-state index contributed by atoms with van der Waals surface area (Å²) in [6.45, 7) is 9.19. The van der Waals surface area contributed by atoms with E-state index in [2.05, 4.69) is 31.0 Å². The van der Waals surface area contributed by atoms with E-state index in [9.17, 15) is 4.79 Å². The molecule has 14 heavy (non-hydrogen) atoms. The Morgan fingerprint density at radius 2 is 2.14 bits per heavy atom. The standard InChI is InChI=1S/C11H22N2O/c1-4-5-13(10-7-12-8-10)11(14)6-9(2)3/h9-10,12H,4-8H2,1-3H3. The van der Waals surface area contributed by atoms with Gasteiger partial charge in [0.2, 0.25) is 5.91 Å². The van der Waals surface area contributed by atoms with Crippen LogP contribution in [0, 0.1) is 5.92 Å². The maximum absolute atomic E-state index is 11.9. The van der Waals surface area contributed by atoms with E-state index in [1.807, 2.05) is 0 Å². The molecule has 0 unspecified atom stereocenters. The quantitative estimate of drug-likeness (QED) is 0.721. The monoisotopic (exact) mass is 198 g/mol. The van der Waals surface area contributed by atoms with E-state index in [-0.39, 0.29) is 0 Å². The fourth-order valence-electron chi connectivity index (χ4n) is 1.71. The van der Waals surface area contributed by atoms with Gasteiger partial charge in [-0.05, 0) is 12.3 Å².